The van der Waals surface area contributed by atoms with E-state index in [9.17, 15) is 9.46 Å². The van der Waals surface area contributed by atoms with Crippen LogP contribution in [-0.4, -0.2) is 69.7 Å². The zero-order valence-corrected chi connectivity index (χ0v) is 16.2. The van der Waals surface area contributed by atoms with Crippen LogP contribution in [0.25, 0.3) is 0 Å². The molecule has 7 nitrogen and oxygen atoms in total. The quantitative estimate of drug-likeness (QED) is 0.536. The summed E-state index contributed by atoms with van der Waals surface area (Å²) in [6.45, 7) is 7.82. The third kappa shape index (κ3) is 6.98. The first-order valence-corrected chi connectivity index (χ1v) is 10.1. The molecule has 2 aliphatic rings. The van der Waals surface area contributed by atoms with Crippen LogP contribution < -0.4 is 0 Å². The highest BCUT2D eigenvalue weighted by molar-refractivity contribution is 7.47. The van der Waals surface area contributed by atoms with E-state index < -0.39 is 26.0 Å². The number of rotatable bonds is 7. The molecule has 0 amide bonds. The molecule has 0 aromatic carbocycles. The summed E-state index contributed by atoms with van der Waals surface area (Å²) in [6, 6.07) is -0.947. The fourth-order valence-electron chi connectivity index (χ4n) is 2.84. The summed E-state index contributed by atoms with van der Waals surface area (Å²) in [4.78, 5) is 10.0. The topological polar surface area (TPSA) is 83.5 Å². The Bertz CT molecular complexity index is 487. The third-order valence-electron chi connectivity index (χ3n) is 4.17. The SMILES string of the molecule is [B][C@H]1CC(C)[C@@H](COP(=O)(O)OC2C[C@H]([B])O[C@@H]2COC(C)(C)C)O1. The molecule has 10 heteroatoms. The van der Waals surface area contributed by atoms with Crippen molar-refractivity contribution >= 4 is 23.5 Å². The van der Waals surface area contributed by atoms with Gasteiger partial charge in [0.1, 0.15) is 21.8 Å². The summed E-state index contributed by atoms with van der Waals surface area (Å²) in [5, 5.41) is 0. The molecule has 0 spiro atoms. The van der Waals surface area contributed by atoms with Gasteiger partial charge >= 0.3 is 7.82 Å². The minimum Gasteiger partial charge on any atom is -0.382 e. The van der Waals surface area contributed by atoms with Crippen LogP contribution in [0.2, 0.25) is 0 Å². The maximum absolute atomic E-state index is 12.3. The highest BCUT2D eigenvalue weighted by Gasteiger charge is 2.40. The van der Waals surface area contributed by atoms with E-state index in [0.717, 1.165) is 0 Å². The Morgan fingerprint density at radius 2 is 1.72 bits per heavy atom. The van der Waals surface area contributed by atoms with Crippen LogP contribution in [0, 0.1) is 5.92 Å². The van der Waals surface area contributed by atoms with Crippen molar-refractivity contribution in [2.75, 3.05) is 13.2 Å². The average Bonchev–Trinajstić information content (AvgIpc) is 2.95. The first kappa shape index (κ1) is 21.4. The van der Waals surface area contributed by atoms with Gasteiger partial charge in [-0.1, -0.05) is 6.92 Å². The Labute approximate surface area is 152 Å². The van der Waals surface area contributed by atoms with Crippen LogP contribution >= 0.6 is 7.82 Å². The van der Waals surface area contributed by atoms with E-state index in [4.69, 9.17) is 39.0 Å². The van der Waals surface area contributed by atoms with Crippen LogP contribution in [0.5, 0.6) is 0 Å². The Morgan fingerprint density at radius 3 is 2.28 bits per heavy atom. The highest BCUT2D eigenvalue weighted by Crippen LogP contribution is 2.48. The van der Waals surface area contributed by atoms with Gasteiger partial charge in [0.25, 0.3) is 0 Å². The smallest absolute Gasteiger partial charge is 0.382 e. The van der Waals surface area contributed by atoms with E-state index in [2.05, 4.69) is 0 Å². The second kappa shape index (κ2) is 8.42. The zero-order valence-electron chi connectivity index (χ0n) is 15.3. The maximum Gasteiger partial charge on any atom is 0.472 e. The van der Waals surface area contributed by atoms with Gasteiger partial charge in [0.2, 0.25) is 0 Å². The second-order valence-corrected chi connectivity index (χ2v) is 9.11. The predicted molar refractivity (Wildman–Crippen MR) is 93.6 cm³/mol. The minimum absolute atomic E-state index is 0.0641. The number of ether oxygens (including phenoxy) is 3. The first-order chi connectivity index (χ1) is 11.5. The third-order valence-corrected chi connectivity index (χ3v) is 5.18. The Balaban J connectivity index is 1.85. The summed E-state index contributed by atoms with van der Waals surface area (Å²) in [5.74, 6) is 0.145. The molecule has 2 saturated heterocycles. The van der Waals surface area contributed by atoms with Crippen molar-refractivity contribution in [3.63, 3.8) is 0 Å². The average molecular weight is 372 g/mol. The molecule has 2 heterocycles. The summed E-state index contributed by atoms with van der Waals surface area (Å²) in [5.41, 5.74) is -0.366. The second-order valence-electron chi connectivity index (χ2n) is 7.71. The Morgan fingerprint density at radius 1 is 1.12 bits per heavy atom. The molecule has 140 valence electrons. The van der Waals surface area contributed by atoms with Crippen molar-refractivity contribution in [2.24, 2.45) is 5.92 Å². The van der Waals surface area contributed by atoms with Gasteiger partial charge in [-0.05, 0) is 39.5 Å². The lowest BCUT2D eigenvalue weighted by Gasteiger charge is -2.26. The van der Waals surface area contributed by atoms with Crippen LogP contribution in [0.4, 0.5) is 0 Å². The number of phosphoric acid groups is 1. The summed E-state index contributed by atoms with van der Waals surface area (Å²) >= 11 is 0. The van der Waals surface area contributed by atoms with E-state index in [1.165, 1.54) is 0 Å². The number of hydrogen-bond donors (Lipinski definition) is 1. The monoisotopic (exact) mass is 372 g/mol. The lowest BCUT2D eigenvalue weighted by atomic mass is 9.92. The Kier molecular flexibility index (Phi) is 7.22. The van der Waals surface area contributed by atoms with Crippen molar-refractivity contribution in [3.8, 4) is 0 Å². The largest absolute Gasteiger partial charge is 0.472 e. The molecule has 2 rings (SSSR count). The fourth-order valence-corrected chi connectivity index (χ4v) is 3.80. The predicted octanol–water partition coefficient (Wildman–Crippen LogP) is 1.51. The van der Waals surface area contributed by atoms with Gasteiger partial charge in [-0.2, -0.15) is 0 Å². The maximum atomic E-state index is 12.3. The summed E-state index contributed by atoms with van der Waals surface area (Å²) in [7, 11) is 7.20. The molecular formula is C15H27B2O7P. The highest BCUT2D eigenvalue weighted by atomic mass is 31.2. The molecule has 25 heavy (non-hydrogen) atoms. The molecular weight excluding hydrogens is 345 g/mol. The van der Waals surface area contributed by atoms with Gasteiger partial charge in [0.15, 0.2) is 0 Å². The lowest BCUT2D eigenvalue weighted by Crippen LogP contribution is -2.33. The van der Waals surface area contributed by atoms with Crippen molar-refractivity contribution in [1.29, 1.82) is 0 Å². The lowest BCUT2D eigenvalue weighted by molar-refractivity contribution is -0.0809. The summed E-state index contributed by atoms with van der Waals surface area (Å²) < 4.78 is 39.3. The molecule has 3 unspecified atom stereocenters. The van der Waals surface area contributed by atoms with Gasteiger partial charge in [0, 0.05) is 12.0 Å². The van der Waals surface area contributed by atoms with E-state index in [0.29, 0.717) is 6.42 Å². The Hall–Kier alpha value is 0.120. The van der Waals surface area contributed by atoms with E-state index in [-0.39, 0.29) is 43.3 Å². The van der Waals surface area contributed by atoms with Gasteiger partial charge in [-0.25, -0.2) is 4.57 Å². The molecule has 0 bridgehead atoms. The molecule has 0 aromatic heterocycles. The van der Waals surface area contributed by atoms with E-state index in [1.807, 2.05) is 27.7 Å². The molecule has 2 aliphatic heterocycles. The molecule has 7 atom stereocenters. The molecule has 2 fully saturated rings. The first-order valence-electron chi connectivity index (χ1n) is 8.57. The summed E-state index contributed by atoms with van der Waals surface area (Å²) in [6.07, 6.45) is -0.581. The number of hydrogen-bond acceptors (Lipinski definition) is 6. The van der Waals surface area contributed by atoms with Crippen molar-refractivity contribution in [3.05, 3.63) is 0 Å². The van der Waals surface area contributed by atoms with E-state index >= 15 is 0 Å². The van der Waals surface area contributed by atoms with Crippen molar-refractivity contribution in [1.82, 2.24) is 0 Å². The normalized spacial score (nSPS) is 38.8. The molecule has 0 saturated carbocycles. The standard InChI is InChI=1S/C15H27B2O7P/c1-9-5-13(16)22-11(9)8-21-25(18,19)24-10-6-14(17)23-12(10)7-20-15(2,3)4/h9-14H,5-8H2,1-4H3,(H,18,19)/t9?,10?,11-,12-,13-,14-/m1/s1. The molecule has 4 radical (unpaired) electrons. The van der Waals surface area contributed by atoms with Crippen LogP contribution in [0.15, 0.2) is 0 Å². The van der Waals surface area contributed by atoms with Gasteiger partial charge < -0.3 is 19.1 Å². The molecule has 1 N–H and O–H groups in total. The van der Waals surface area contributed by atoms with Crippen LogP contribution in [0.1, 0.15) is 40.5 Å². The zero-order chi connectivity index (χ0) is 18.8. The molecule has 0 aromatic rings. The van der Waals surface area contributed by atoms with Gasteiger partial charge in [-0.15, -0.1) is 0 Å². The van der Waals surface area contributed by atoms with Crippen molar-refractivity contribution in [2.45, 2.75) is 76.5 Å². The fraction of sp³-hybridized carbons (Fsp3) is 1.00. The van der Waals surface area contributed by atoms with Gasteiger partial charge in [0.05, 0.1) is 31.0 Å². The van der Waals surface area contributed by atoms with E-state index in [1.54, 1.807) is 0 Å². The minimum atomic E-state index is -4.28. The molecule has 0 aliphatic carbocycles. The number of phosphoric ester groups is 1. The van der Waals surface area contributed by atoms with Gasteiger partial charge in [-0.3, -0.25) is 9.05 Å². The van der Waals surface area contributed by atoms with Crippen LogP contribution in [0.3, 0.4) is 0 Å². The van der Waals surface area contributed by atoms with Crippen LogP contribution in [-0.2, 0) is 27.8 Å². The van der Waals surface area contributed by atoms with Crippen molar-refractivity contribution < 1.29 is 32.7 Å².